The van der Waals surface area contributed by atoms with Gasteiger partial charge in [0.15, 0.2) is 0 Å². The van der Waals surface area contributed by atoms with Crippen LogP contribution >= 0.6 is 0 Å². The van der Waals surface area contributed by atoms with E-state index in [9.17, 15) is 9.50 Å². The van der Waals surface area contributed by atoms with Crippen LogP contribution in [-0.4, -0.2) is 45.2 Å². The number of aliphatic hydroxyl groups is 1. The third-order valence-electron chi connectivity index (χ3n) is 4.78. The fourth-order valence-electron chi connectivity index (χ4n) is 3.53. The molecular weight excluding hydrogens is 311 g/mol. The molecule has 0 amide bonds. The molecule has 134 valence electrons. The van der Waals surface area contributed by atoms with Crippen molar-refractivity contribution in [2.45, 2.75) is 84.0 Å². The Hall–Kier alpha value is -0.233. The van der Waals surface area contributed by atoms with Crippen molar-refractivity contribution in [2.75, 3.05) is 6.61 Å². The highest BCUT2D eigenvalue weighted by molar-refractivity contribution is 6.48. The van der Waals surface area contributed by atoms with Crippen molar-refractivity contribution in [1.29, 1.82) is 0 Å². The Bertz CT molecular complexity index is 351. The molecule has 1 aliphatic carbocycles. The summed E-state index contributed by atoms with van der Waals surface area (Å²) < 4.78 is 26.0. The van der Waals surface area contributed by atoms with E-state index in [1.807, 2.05) is 39.1 Å². The van der Waals surface area contributed by atoms with Crippen molar-refractivity contribution in [1.82, 2.24) is 0 Å². The summed E-state index contributed by atoms with van der Waals surface area (Å²) in [4.78, 5) is 0. The molecule has 3 nitrogen and oxygen atoms in total. The van der Waals surface area contributed by atoms with Gasteiger partial charge in [0.2, 0.25) is 0 Å². The highest BCUT2D eigenvalue weighted by atomic mass is 28.3. The summed E-state index contributed by atoms with van der Waals surface area (Å²) in [5, 5.41) is 10.3. The Balaban J connectivity index is 2.59. The summed E-state index contributed by atoms with van der Waals surface area (Å²) in [6.45, 7) is 10.8. The fraction of sp³-hybridized carbons (Fsp3) is 0.889. The van der Waals surface area contributed by atoms with E-state index in [4.69, 9.17) is 9.16 Å². The minimum atomic E-state index is -0.970. The molecule has 0 spiro atoms. The molecule has 1 rings (SSSR count). The SMILES string of the molecule is C/C=C/CC(F)C(CCC1[C@H](O)C[C@H](OCC)[C@@H]1C)O[Si+](C)C. The van der Waals surface area contributed by atoms with Crippen molar-refractivity contribution < 1.29 is 18.7 Å². The highest BCUT2D eigenvalue weighted by Crippen LogP contribution is 2.38. The minimum absolute atomic E-state index is 0.126. The maximum atomic E-state index is 14.4. The minimum Gasteiger partial charge on any atom is -0.393 e. The molecule has 1 fully saturated rings. The van der Waals surface area contributed by atoms with Crippen molar-refractivity contribution in [3.8, 4) is 0 Å². The molecule has 0 heterocycles. The van der Waals surface area contributed by atoms with E-state index < -0.39 is 15.2 Å². The van der Waals surface area contributed by atoms with Crippen molar-refractivity contribution in [2.24, 2.45) is 11.8 Å². The van der Waals surface area contributed by atoms with E-state index in [2.05, 4.69) is 6.92 Å². The molecule has 23 heavy (non-hydrogen) atoms. The third-order valence-corrected chi connectivity index (χ3v) is 5.56. The second kappa shape index (κ2) is 10.6. The van der Waals surface area contributed by atoms with E-state index in [0.717, 1.165) is 6.42 Å². The van der Waals surface area contributed by atoms with E-state index in [1.54, 1.807) is 0 Å². The zero-order valence-electron chi connectivity index (χ0n) is 15.3. The summed E-state index contributed by atoms with van der Waals surface area (Å²) in [5.41, 5.74) is 0. The van der Waals surface area contributed by atoms with Crippen molar-refractivity contribution >= 4 is 9.04 Å². The van der Waals surface area contributed by atoms with Crippen LogP contribution in [0.1, 0.15) is 46.5 Å². The number of halogens is 1. The molecular formula is C18H34FO3Si+. The van der Waals surface area contributed by atoms with Gasteiger partial charge in [-0.3, -0.25) is 0 Å². The summed E-state index contributed by atoms with van der Waals surface area (Å²) in [6.07, 6.45) is 4.74. The van der Waals surface area contributed by atoms with Gasteiger partial charge in [-0.15, -0.1) is 0 Å². The Morgan fingerprint density at radius 3 is 2.65 bits per heavy atom. The van der Waals surface area contributed by atoms with Gasteiger partial charge in [-0.05, 0) is 44.9 Å². The monoisotopic (exact) mass is 345 g/mol. The maximum Gasteiger partial charge on any atom is 0.467 e. The molecule has 0 saturated heterocycles. The first kappa shape index (κ1) is 20.8. The zero-order chi connectivity index (χ0) is 17.4. The van der Waals surface area contributed by atoms with Gasteiger partial charge >= 0.3 is 9.04 Å². The van der Waals surface area contributed by atoms with E-state index in [-0.39, 0.29) is 24.2 Å². The number of aliphatic hydroxyl groups excluding tert-OH is 1. The molecule has 6 atom stereocenters. The van der Waals surface area contributed by atoms with Crippen molar-refractivity contribution in [3.63, 3.8) is 0 Å². The lowest BCUT2D eigenvalue weighted by Crippen LogP contribution is -2.32. The number of hydrogen-bond acceptors (Lipinski definition) is 3. The van der Waals surface area contributed by atoms with Gasteiger partial charge in [-0.25, -0.2) is 8.82 Å². The van der Waals surface area contributed by atoms with E-state index >= 15 is 0 Å². The van der Waals surface area contributed by atoms with E-state index in [1.165, 1.54) is 0 Å². The Labute approximate surface area is 143 Å². The normalized spacial score (nSPS) is 30.7. The van der Waals surface area contributed by atoms with Crippen LogP contribution in [0.3, 0.4) is 0 Å². The first-order valence-electron chi connectivity index (χ1n) is 8.92. The number of rotatable bonds is 10. The van der Waals surface area contributed by atoms with Gasteiger partial charge in [-0.1, -0.05) is 19.1 Å². The van der Waals surface area contributed by atoms with Crippen LogP contribution in [0.15, 0.2) is 12.2 Å². The number of allylic oxidation sites excluding steroid dienone is 2. The Kier molecular flexibility index (Phi) is 9.59. The molecule has 0 aromatic heterocycles. The second-order valence-electron chi connectivity index (χ2n) is 6.78. The van der Waals surface area contributed by atoms with Gasteiger partial charge in [0.05, 0.1) is 25.3 Å². The Morgan fingerprint density at radius 1 is 1.39 bits per heavy atom. The van der Waals surface area contributed by atoms with Crippen LogP contribution in [0.25, 0.3) is 0 Å². The summed E-state index contributed by atoms with van der Waals surface area (Å²) in [5.74, 6) is 0.489. The molecule has 1 aliphatic rings. The third kappa shape index (κ3) is 6.65. The van der Waals surface area contributed by atoms with Gasteiger partial charge in [0, 0.05) is 13.0 Å². The predicted octanol–water partition coefficient (Wildman–Crippen LogP) is 4.13. The average molecular weight is 346 g/mol. The molecule has 0 radical (unpaired) electrons. The van der Waals surface area contributed by atoms with Crippen LogP contribution < -0.4 is 0 Å². The van der Waals surface area contributed by atoms with Gasteiger partial charge < -0.3 is 9.84 Å². The first-order valence-corrected chi connectivity index (χ1v) is 11.3. The lowest BCUT2D eigenvalue weighted by Gasteiger charge is -2.24. The average Bonchev–Trinajstić information content (AvgIpc) is 2.75. The first-order chi connectivity index (χ1) is 10.9. The Morgan fingerprint density at radius 2 is 2.09 bits per heavy atom. The largest absolute Gasteiger partial charge is 0.467 e. The van der Waals surface area contributed by atoms with Gasteiger partial charge in [0.25, 0.3) is 0 Å². The van der Waals surface area contributed by atoms with Gasteiger partial charge in [-0.2, -0.15) is 0 Å². The van der Waals surface area contributed by atoms with Crippen LogP contribution in [0.4, 0.5) is 4.39 Å². The molecule has 1 N–H and O–H groups in total. The smallest absolute Gasteiger partial charge is 0.393 e. The zero-order valence-corrected chi connectivity index (χ0v) is 16.3. The predicted molar refractivity (Wildman–Crippen MR) is 94.6 cm³/mol. The lowest BCUT2D eigenvalue weighted by molar-refractivity contribution is 0.0304. The number of hydrogen-bond donors (Lipinski definition) is 1. The summed E-state index contributed by atoms with van der Waals surface area (Å²) >= 11 is 0. The molecule has 0 bridgehead atoms. The molecule has 0 aromatic carbocycles. The number of ether oxygens (including phenoxy) is 1. The van der Waals surface area contributed by atoms with Crippen LogP contribution in [0.5, 0.6) is 0 Å². The topological polar surface area (TPSA) is 38.7 Å². The second-order valence-corrected chi connectivity index (χ2v) is 8.83. The van der Waals surface area contributed by atoms with Crippen LogP contribution in [0.2, 0.25) is 13.1 Å². The maximum absolute atomic E-state index is 14.4. The lowest BCUT2D eigenvalue weighted by atomic mass is 9.89. The molecule has 0 aromatic rings. The molecule has 5 heteroatoms. The van der Waals surface area contributed by atoms with E-state index in [0.29, 0.717) is 31.8 Å². The molecule has 1 saturated carbocycles. The van der Waals surface area contributed by atoms with Crippen LogP contribution in [-0.2, 0) is 9.16 Å². The summed E-state index contributed by atoms with van der Waals surface area (Å²) in [7, 11) is -0.944. The number of alkyl halides is 1. The molecule has 3 unspecified atom stereocenters. The van der Waals surface area contributed by atoms with Crippen molar-refractivity contribution in [3.05, 3.63) is 12.2 Å². The quantitative estimate of drug-likeness (QED) is 0.478. The van der Waals surface area contributed by atoms with Gasteiger partial charge in [0.1, 0.15) is 12.3 Å². The summed E-state index contributed by atoms with van der Waals surface area (Å²) in [6, 6.07) is 0. The highest BCUT2D eigenvalue weighted by Gasteiger charge is 2.41. The molecule has 0 aliphatic heterocycles. The fourth-order valence-corrected chi connectivity index (χ4v) is 4.40. The standard InChI is InChI=1S/C18H34FO3Si/c1-6-8-9-15(19)17(22-23(4)5)11-10-14-13(3)18(21-7-2)12-16(14)20/h6,8,13-18,20H,7,9-12H2,1-5H3/q+1/b8-6+/t13-,14?,15?,16-,17?,18+/m1/s1. The van der Waals surface area contributed by atoms with Crippen LogP contribution in [0, 0.1) is 11.8 Å².